The van der Waals surface area contributed by atoms with Gasteiger partial charge in [-0.05, 0) is 42.0 Å². The summed E-state index contributed by atoms with van der Waals surface area (Å²) in [7, 11) is 0. The van der Waals surface area contributed by atoms with Crippen molar-refractivity contribution in [3.63, 3.8) is 0 Å². The molecule has 0 saturated carbocycles. The first-order chi connectivity index (χ1) is 19.6. The standard InChI is InChI=1S/C33H36N4O3/c38-31-30(24-40-23-26-11-5-2-6-12-26)35-32(39)33(16-19-36(20-17-33)22-25-9-3-1-4-10-25)37(31)18-15-27-21-34-29-14-8-7-13-28(27)29/h1-14,21,30,34H,15-20,22-24H2,(H,35,39). The lowest BCUT2D eigenvalue weighted by Gasteiger charge is -2.51. The number of nitrogens with zero attached hydrogens (tertiary/aromatic N) is 2. The third kappa shape index (κ3) is 5.40. The summed E-state index contributed by atoms with van der Waals surface area (Å²) in [5.41, 5.74) is 3.69. The Kier molecular flexibility index (Phi) is 7.66. The van der Waals surface area contributed by atoms with E-state index in [4.69, 9.17) is 4.74 Å². The van der Waals surface area contributed by atoms with Crippen LogP contribution in [0.3, 0.4) is 0 Å². The fourth-order valence-electron chi connectivity index (χ4n) is 6.17. The number of likely N-dealkylation sites (tertiary alicyclic amines) is 1. The first kappa shape index (κ1) is 26.3. The van der Waals surface area contributed by atoms with E-state index in [0.717, 1.165) is 41.7 Å². The highest BCUT2D eigenvalue weighted by Crippen LogP contribution is 2.34. The van der Waals surface area contributed by atoms with Crippen molar-refractivity contribution in [2.45, 2.75) is 44.0 Å². The van der Waals surface area contributed by atoms with E-state index in [1.165, 1.54) is 5.56 Å². The number of piperazine rings is 1. The Balaban J connectivity index is 1.19. The van der Waals surface area contributed by atoms with Gasteiger partial charge >= 0.3 is 0 Å². The van der Waals surface area contributed by atoms with Crippen molar-refractivity contribution in [3.8, 4) is 0 Å². The maximum atomic E-state index is 14.0. The molecular weight excluding hydrogens is 500 g/mol. The first-order valence-corrected chi connectivity index (χ1v) is 14.2. The van der Waals surface area contributed by atoms with Crippen LogP contribution in [0.4, 0.5) is 0 Å². The maximum absolute atomic E-state index is 14.0. The molecule has 4 aromatic rings. The Morgan fingerprint density at radius 1 is 0.850 bits per heavy atom. The van der Waals surface area contributed by atoms with Crippen LogP contribution < -0.4 is 5.32 Å². The second-order valence-corrected chi connectivity index (χ2v) is 10.9. The van der Waals surface area contributed by atoms with Crippen LogP contribution in [-0.4, -0.2) is 64.4 Å². The van der Waals surface area contributed by atoms with Crippen LogP contribution in [0, 0.1) is 0 Å². The van der Waals surface area contributed by atoms with Gasteiger partial charge in [-0.15, -0.1) is 0 Å². The van der Waals surface area contributed by atoms with E-state index < -0.39 is 11.6 Å². The van der Waals surface area contributed by atoms with Crippen LogP contribution in [0.25, 0.3) is 10.9 Å². The Labute approximate surface area is 235 Å². The highest BCUT2D eigenvalue weighted by atomic mass is 16.5. The predicted octanol–water partition coefficient (Wildman–Crippen LogP) is 4.29. The van der Waals surface area contributed by atoms with Crippen LogP contribution in [0.15, 0.2) is 91.1 Å². The Morgan fingerprint density at radius 2 is 1.52 bits per heavy atom. The molecule has 7 nitrogen and oxygen atoms in total. The van der Waals surface area contributed by atoms with E-state index >= 15 is 0 Å². The number of carbonyl (C=O) groups is 2. The number of ether oxygens (including phenoxy) is 1. The van der Waals surface area contributed by atoms with E-state index in [9.17, 15) is 9.59 Å². The highest BCUT2D eigenvalue weighted by Gasteiger charge is 2.53. The molecule has 2 aliphatic heterocycles. The molecule has 7 heteroatoms. The zero-order chi connectivity index (χ0) is 27.4. The van der Waals surface area contributed by atoms with E-state index in [2.05, 4.69) is 51.6 Å². The number of H-pyrrole nitrogens is 1. The molecule has 1 atom stereocenters. The molecule has 2 amide bonds. The number of aromatic nitrogens is 1. The lowest BCUT2D eigenvalue weighted by Crippen LogP contribution is -2.73. The van der Waals surface area contributed by atoms with E-state index in [1.54, 1.807) is 0 Å². The van der Waals surface area contributed by atoms with Crippen molar-refractivity contribution in [1.29, 1.82) is 0 Å². The lowest BCUT2D eigenvalue weighted by molar-refractivity contribution is -0.163. The zero-order valence-corrected chi connectivity index (χ0v) is 22.7. The first-order valence-electron chi connectivity index (χ1n) is 14.2. The fourth-order valence-corrected chi connectivity index (χ4v) is 6.17. The summed E-state index contributed by atoms with van der Waals surface area (Å²) in [5.74, 6) is -0.109. The molecule has 2 N–H and O–H groups in total. The zero-order valence-electron chi connectivity index (χ0n) is 22.7. The summed E-state index contributed by atoms with van der Waals surface area (Å²) in [6, 6.07) is 27.8. The second-order valence-electron chi connectivity index (χ2n) is 10.9. The number of carbonyl (C=O) groups excluding carboxylic acids is 2. The molecule has 3 aromatic carbocycles. The van der Waals surface area contributed by atoms with Gasteiger partial charge in [0, 0.05) is 43.3 Å². The molecule has 1 spiro atoms. The minimum absolute atomic E-state index is 0.0518. The van der Waals surface area contributed by atoms with Gasteiger partial charge < -0.3 is 19.9 Å². The molecule has 1 aromatic heterocycles. The summed E-state index contributed by atoms with van der Waals surface area (Å²) in [6.45, 7) is 3.40. The van der Waals surface area contributed by atoms with E-state index in [1.807, 2.05) is 59.6 Å². The van der Waals surface area contributed by atoms with Gasteiger partial charge in [0.25, 0.3) is 0 Å². The van der Waals surface area contributed by atoms with Gasteiger partial charge in [-0.1, -0.05) is 78.9 Å². The highest BCUT2D eigenvalue weighted by molar-refractivity contribution is 6.00. The van der Waals surface area contributed by atoms with Gasteiger partial charge in [0.05, 0.1) is 13.2 Å². The van der Waals surface area contributed by atoms with Crippen molar-refractivity contribution in [1.82, 2.24) is 20.1 Å². The molecule has 206 valence electrons. The summed E-state index contributed by atoms with van der Waals surface area (Å²) in [6.07, 6.45) is 3.93. The molecule has 6 rings (SSSR count). The van der Waals surface area contributed by atoms with Gasteiger partial charge in [-0.3, -0.25) is 14.5 Å². The molecule has 2 aliphatic rings. The molecule has 0 aliphatic carbocycles. The topological polar surface area (TPSA) is 77.7 Å². The van der Waals surface area contributed by atoms with Crippen LogP contribution in [0.5, 0.6) is 0 Å². The van der Waals surface area contributed by atoms with Gasteiger partial charge in [-0.2, -0.15) is 0 Å². The summed E-state index contributed by atoms with van der Waals surface area (Å²) >= 11 is 0. The summed E-state index contributed by atoms with van der Waals surface area (Å²) < 4.78 is 5.92. The average Bonchev–Trinajstić information content (AvgIpc) is 3.41. The minimum atomic E-state index is -0.841. The van der Waals surface area contributed by atoms with Crippen LogP contribution in [0.2, 0.25) is 0 Å². The van der Waals surface area contributed by atoms with Crippen molar-refractivity contribution < 1.29 is 14.3 Å². The molecule has 2 saturated heterocycles. The number of benzene rings is 3. The smallest absolute Gasteiger partial charge is 0.248 e. The molecule has 0 radical (unpaired) electrons. The quantitative estimate of drug-likeness (QED) is 0.335. The van der Waals surface area contributed by atoms with E-state index in [-0.39, 0.29) is 18.4 Å². The molecule has 1 unspecified atom stereocenters. The average molecular weight is 537 g/mol. The molecular formula is C33H36N4O3. The summed E-state index contributed by atoms with van der Waals surface area (Å²) in [4.78, 5) is 35.4. The van der Waals surface area contributed by atoms with Crippen molar-refractivity contribution in [2.75, 3.05) is 26.2 Å². The maximum Gasteiger partial charge on any atom is 0.248 e. The SMILES string of the molecule is O=C1C(COCc2ccccc2)NC(=O)C2(CCN(Cc3ccccc3)CC2)N1CCc1c[nH]c2ccccc12. The number of hydrogen-bond acceptors (Lipinski definition) is 4. The number of piperidine rings is 1. The Bertz CT molecular complexity index is 1440. The molecule has 3 heterocycles. The summed E-state index contributed by atoms with van der Waals surface area (Å²) in [5, 5.41) is 4.21. The fraction of sp³-hybridized carbons (Fsp3) is 0.333. The third-order valence-corrected chi connectivity index (χ3v) is 8.42. The molecule has 40 heavy (non-hydrogen) atoms. The van der Waals surface area contributed by atoms with Gasteiger partial charge in [0.1, 0.15) is 11.6 Å². The molecule has 0 bridgehead atoms. The monoisotopic (exact) mass is 536 g/mol. The van der Waals surface area contributed by atoms with Crippen LogP contribution >= 0.6 is 0 Å². The number of rotatable bonds is 9. The Hall–Kier alpha value is -3.94. The van der Waals surface area contributed by atoms with E-state index in [0.29, 0.717) is 32.4 Å². The normalized spacial score (nSPS) is 19.3. The largest absolute Gasteiger partial charge is 0.374 e. The number of hydrogen-bond donors (Lipinski definition) is 2. The number of amides is 2. The van der Waals surface area contributed by atoms with Crippen molar-refractivity contribution in [2.24, 2.45) is 0 Å². The van der Waals surface area contributed by atoms with Gasteiger partial charge in [-0.25, -0.2) is 0 Å². The van der Waals surface area contributed by atoms with Gasteiger partial charge in [0.2, 0.25) is 11.8 Å². The van der Waals surface area contributed by atoms with Gasteiger partial charge in [0.15, 0.2) is 0 Å². The number of fused-ring (bicyclic) bond motifs is 1. The van der Waals surface area contributed by atoms with Crippen molar-refractivity contribution in [3.05, 3.63) is 108 Å². The number of para-hydroxylation sites is 1. The molecule has 2 fully saturated rings. The number of nitrogens with one attached hydrogen (secondary N) is 2. The Morgan fingerprint density at radius 3 is 2.27 bits per heavy atom. The lowest BCUT2D eigenvalue weighted by atomic mass is 9.81. The number of aromatic amines is 1. The minimum Gasteiger partial charge on any atom is -0.374 e. The van der Waals surface area contributed by atoms with Crippen LogP contribution in [-0.2, 0) is 33.9 Å². The second kappa shape index (κ2) is 11.7. The third-order valence-electron chi connectivity index (χ3n) is 8.42. The van der Waals surface area contributed by atoms with Crippen LogP contribution in [0.1, 0.15) is 29.5 Å². The predicted molar refractivity (Wildman–Crippen MR) is 155 cm³/mol. The van der Waals surface area contributed by atoms with Crippen molar-refractivity contribution >= 4 is 22.7 Å².